The van der Waals surface area contributed by atoms with E-state index in [1.807, 2.05) is 0 Å². The van der Waals surface area contributed by atoms with Crippen LogP contribution in [-0.4, -0.2) is 0 Å². The molecular weight excluding hydrogens is 96.1 g/mol. The molecule has 0 heterocycles. The zero-order chi connectivity index (χ0) is 5.82. The van der Waals surface area contributed by atoms with Crippen LogP contribution in [0.4, 0.5) is 0 Å². The molecule has 0 heteroatoms. The summed E-state index contributed by atoms with van der Waals surface area (Å²) in [6, 6.07) is 0. The summed E-state index contributed by atoms with van der Waals surface area (Å²) in [5, 5.41) is 0. The van der Waals surface area contributed by atoms with Crippen molar-refractivity contribution in [2.45, 2.75) is 26.2 Å². The summed E-state index contributed by atoms with van der Waals surface area (Å²) in [6.45, 7) is 2.10. The van der Waals surface area contributed by atoms with E-state index >= 15 is 0 Å². The van der Waals surface area contributed by atoms with Crippen LogP contribution in [0.5, 0.6) is 0 Å². The monoisotopic (exact) mass is 108 g/mol. The van der Waals surface area contributed by atoms with E-state index in [-0.39, 0.29) is 0 Å². The molecule has 0 bridgehead atoms. The van der Waals surface area contributed by atoms with Gasteiger partial charge in [0.1, 0.15) is 0 Å². The van der Waals surface area contributed by atoms with Gasteiger partial charge in [0.25, 0.3) is 0 Å². The standard InChI is InChI=1S/C8H12/c1-2-8-6-4-3-5-7-8/h2,4,6H,3,5,7H2,1H3/b8-2+. The van der Waals surface area contributed by atoms with Crippen LogP contribution in [0.3, 0.4) is 0 Å². The Bertz CT molecular complexity index is 118. The molecule has 44 valence electrons. The predicted molar refractivity (Wildman–Crippen MR) is 36.7 cm³/mol. The average molecular weight is 108 g/mol. The van der Waals surface area contributed by atoms with E-state index in [0.717, 1.165) is 0 Å². The molecule has 0 N–H and O–H groups in total. The normalized spacial score (nSPS) is 24.4. The maximum atomic E-state index is 2.25. The van der Waals surface area contributed by atoms with Gasteiger partial charge in [0.15, 0.2) is 0 Å². The third kappa shape index (κ3) is 1.22. The zero-order valence-corrected chi connectivity index (χ0v) is 5.35. The van der Waals surface area contributed by atoms with Crippen molar-refractivity contribution in [1.29, 1.82) is 0 Å². The average Bonchev–Trinajstić information content (AvgIpc) is 1.90. The molecule has 0 nitrogen and oxygen atoms in total. The van der Waals surface area contributed by atoms with Crippen LogP contribution in [0.2, 0.25) is 0 Å². The molecule has 0 aromatic heterocycles. The van der Waals surface area contributed by atoms with Gasteiger partial charge in [-0.05, 0) is 26.2 Å². The highest BCUT2D eigenvalue weighted by molar-refractivity contribution is 5.20. The van der Waals surface area contributed by atoms with Crippen molar-refractivity contribution in [3.63, 3.8) is 0 Å². The Morgan fingerprint density at radius 3 is 2.88 bits per heavy atom. The molecular formula is C8H12. The summed E-state index contributed by atoms with van der Waals surface area (Å²) in [5.41, 5.74) is 1.50. The highest BCUT2D eigenvalue weighted by Crippen LogP contribution is 2.14. The Labute approximate surface area is 50.9 Å². The van der Waals surface area contributed by atoms with Crippen molar-refractivity contribution in [1.82, 2.24) is 0 Å². The largest absolute Gasteiger partial charge is 0.0845 e. The zero-order valence-electron chi connectivity index (χ0n) is 5.35. The van der Waals surface area contributed by atoms with Gasteiger partial charge in [0.05, 0.1) is 0 Å². The molecule has 0 spiro atoms. The van der Waals surface area contributed by atoms with E-state index < -0.39 is 0 Å². The van der Waals surface area contributed by atoms with Crippen LogP contribution in [0.1, 0.15) is 26.2 Å². The van der Waals surface area contributed by atoms with Crippen molar-refractivity contribution in [2.24, 2.45) is 0 Å². The molecule has 8 heavy (non-hydrogen) atoms. The second-order valence-corrected chi connectivity index (χ2v) is 2.16. The van der Waals surface area contributed by atoms with Gasteiger partial charge in [-0.3, -0.25) is 0 Å². The molecule has 0 unspecified atom stereocenters. The fourth-order valence-corrected chi connectivity index (χ4v) is 0.983. The Balaban J connectivity index is 2.56. The van der Waals surface area contributed by atoms with E-state index in [1.54, 1.807) is 0 Å². The molecule has 0 amide bonds. The lowest BCUT2D eigenvalue weighted by Crippen LogP contribution is -1.84. The lowest BCUT2D eigenvalue weighted by atomic mass is 10.0. The predicted octanol–water partition coefficient (Wildman–Crippen LogP) is 2.67. The van der Waals surface area contributed by atoms with E-state index in [1.165, 1.54) is 24.8 Å². The summed E-state index contributed by atoms with van der Waals surface area (Å²) < 4.78 is 0. The minimum atomic E-state index is 1.28. The van der Waals surface area contributed by atoms with Crippen molar-refractivity contribution in [3.05, 3.63) is 23.8 Å². The minimum absolute atomic E-state index is 1.28. The molecule has 0 saturated heterocycles. The summed E-state index contributed by atoms with van der Waals surface area (Å²) in [4.78, 5) is 0. The van der Waals surface area contributed by atoms with E-state index in [2.05, 4.69) is 25.2 Å². The van der Waals surface area contributed by atoms with E-state index in [4.69, 9.17) is 0 Å². The van der Waals surface area contributed by atoms with Crippen molar-refractivity contribution in [2.75, 3.05) is 0 Å². The molecule has 0 aromatic carbocycles. The third-order valence-electron chi connectivity index (χ3n) is 1.54. The van der Waals surface area contributed by atoms with Gasteiger partial charge in [-0.15, -0.1) is 0 Å². The van der Waals surface area contributed by atoms with Gasteiger partial charge in [-0.2, -0.15) is 0 Å². The first-order chi connectivity index (χ1) is 3.93. The molecule has 0 fully saturated rings. The second-order valence-electron chi connectivity index (χ2n) is 2.16. The Hall–Kier alpha value is -0.520. The molecule has 1 rings (SSSR count). The number of hydrogen-bond donors (Lipinski definition) is 0. The highest BCUT2D eigenvalue weighted by atomic mass is 14.0. The number of hydrogen-bond acceptors (Lipinski definition) is 0. The van der Waals surface area contributed by atoms with Crippen LogP contribution in [0.25, 0.3) is 0 Å². The fraction of sp³-hybridized carbons (Fsp3) is 0.500. The van der Waals surface area contributed by atoms with Crippen molar-refractivity contribution in [3.8, 4) is 0 Å². The molecule has 0 radical (unpaired) electrons. The smallest absolute Gasteiger partial charge is 0.0279 e. The number of rotatable bonds is 0. The molecule has 0 atom stereocenters. The maximum absolute atomic E-state index is 2.25. The van der Waals surface area contributed by atoms with Crippen molar-refractivity contribution >= 4 is 0 Å². The molecule has 1 aliphatic rings. The molecule has 0 aromatic rings. The van der Waals surface area contributed by atoms with E-state index in [0.29, 0.717) is 0 Å². The topological polar surface area (TPSA) is 0 Å². The lowest BCUT2D eigenvalue weighted by molar-refractivity contribution is 0.819. The highest BCUT2D eigenvalue weighted by Gasteiger charge is 1.94. The second kappa shape index (κ2) is 2.71. The first kappa shape index (κ1) is 5.61. The van der Waals surface area contributed by atoms with Crippen LogP contribution in [0.15, 0.2) is 23.8 Å². The summed E-state index contributed by atoms with van der Waals surface area (Å²) >= 11 is 0. The Morgan fingerprint density at radius 2 is 2.50 bits per heavy atom. The Morgan fingerprint density at radius 1 is 1.62 bits per heavy atom. The lowest BCUT2D eigenvalue weighted by Gasteiger charge is -2.04. The summed E-state index contributed by atoms with van der Waals surface area (Å²) in [5.74, 6) is 0. The van der Waals surface area contributed by atoms with Crippen LogP contribution >= 0.6 is 0 Å². The minimum Gasteiger partial charge on any atom is -0.0845 e. The first-order valence-corrected chi connectivity index (χ1v) is 3.25. The van der Waals surface area contributed by atoms with Crippen LogP contribution in [-0.2, 0) is 0 Å². The van der Waals surface area contributed by atoms with Gasteiger partial charge >= 0.3 is 0 Å². The van der Waals surface area contributed by atoms with E-state index in [9.17, 15) is 0 Å². The number of allylic oxidation sites excluding steroid dienone is 4. The van der Waals surface area contributed by atoms with Gasteiger partial charge in [0, 0.05) is 0 Å². The van der Waals surface area contributed by atoms with Gasteiger partial charge in [-0.1, -0.05) is 23.8 Å². The first-order valence-electron chi connectivity index (χ1n) is 3.25. The molecule has 0 saturated carbocycles. The van der Waals surface area contributed by atoms with Crippen LogP contribution in [0, 0.1) is 0 Å². The third-order valence-corrected chi connectivity index (χ3v) is 1.54. The van der Waals surface area contributed by atoms with Gasteiger partial charge < -0.3 is 0 Å². The summed E-state index contributed by atoms with van der Waals surface area (Å²) in [7, 11) is 0. The van der Waals surface area contributed by atoms with Crippen molar-refractivity contribution < 1.29 is 0 Å². The maximum Gasteiger partial charge on any atom is -0.0279 e. The molecule has 0 aliphatic heterocycles. The van der Waals surface area contributed by atoms with Gasteiger partial charge in [-0.25, -0.2) is 0 Å². The quantitative estimate of drug-likeness (QED) is 0.447. The molecule has 1 aliphatic carbocycles. The Kier molecular flexibility index (Phi) is 1.90. The van der Waals surface area contributed by atoms with Crippen LogP contribution < -0.4 is 0 Å². The van der Waals surface area contributed by atoms with Gasteiger partial charge in [0.2, 0.25) is 0 Å². The summed E-state index contributed by atoms with van der Waals surface area (Å²) in [6.07, 6.45) is 10.6. The fourth-order valence-electron chi connectivity index (χ4n) is 0.983. The SMILES string of the molecule is C/C=C1\C=CCCC1.